The number of piperazine rings is 1. The Labute approximate surface area is 167 Å². The van der Waals surface area contributed by atoms with E-state index in [2.05, 4.69) is 26.9 Å². The summed E-state index contributed by atoms with van der Waals surface area (Å²) in [5.74, 6) is 1.57. The van der Waals surface area contributed by atoms with Crippen molar-refractivity contribution < 1.29 is 13.2 Å². The number of amides is 1. The minimum atomic E-state index is -3.35. The van der Waals surface area contributed by atoms with Crippen LogP contribution < -0.4 is 9.80 Å². The lowest BCUT2D eigenvalue weighted by molar-refractivity contribution is -0.131. The Morgan fingerprint density at radius 2 is 1.75 bits per heavy atom. The van der Waals surface area contributed by atoms with Gasteiger partial charge in [-0.25, -0.2) is 8.42 Å². The number of rotatable bonds is 5. The van der Waals surface area contributed by atoms with Crippen molar-refractivity contribution in [3.63, 3.8) is 0 Å². The largest absolute Gasteiger partial charge is 0.352 e. The van der Waals surface area contributed by atoms with Gasteiger partial charge >= 0.3 is 0 Å². The van der Waals surface area contributed by atoms with Crippen LogP contribution in [0, 0.1) is 0 Å². The molecule has 0 aromatic carbocycles. The van der Waals surface area contributed by atoms with Crippen LogP contribution in [0.3, 0.4) is 0 Å². The summed E-state index contributed by atoms with van der Waals surface area (Å²) in [5, 5.41) is 8.83. The number of piperidine rings is 1. The van der Waals surface area contributed by atoms with Crippen molar-refractivity contribution in [2.24, 2.45) is 0 Å². The Morgan fingerprint density at radius 1 is 1.11 bits per heavy atom. The third-order valence-electron chi connectivity index (χ3n) is 5.61. The van der Waals surface area contributed by atoms with Gasteiger partial charge in [0.15, 0.2) is 11.6 Å². The lowest BCUT2D eigenvalue weighted by Crippen LogP contribution is -2.51. The highest BCUT2D eigenvalue weighted by Gasteiger charge is 2.25. The maximum atomic E-state index is 12.3. The summed E-state index contributed by atoms with van der Waals surface area (Å²) in [6.07, 6.45) is 4.75. The van der Waals surface area contributed by atoms with E-state index in [0.29, 0.717) is 32.2 Å². The first kappa shape index (κ1) is 20.8. The number of sulfonamides is 1. The minimum Gasteiger partial charge on any atom is -0.352 e. The second-order valence-electron chi connectivity index (χ2n) is 7.67. The molecule has 1 aromatic heterocycles. The van der Waals surface area contributed by atoms with Crippen LogP contribution >= 0.6 is 0 Å². The maximum Gasteiger partial charge on any atom is 0.238 e. The maximum absolute atomic E-state index is 12.3. The van der Waals surface area contributed by atoms with E-state index in [1.54, 1.807) is 4.90 Å². The van der Waals surface area contributed by atoms with Crippen LogP contribution in [-0.4, -0.2) is 92.3 Å². The van der Waals surface area contributed by atoms with Crippen LogP contribution in [0.5, 0.6) is 0 Å². The molecule has 1 aromatic rings. The number of hydrogen-bond acceptors (Lipinski definition) is 7. The fraction of sp³-hybridized carbons (Fsp3) is 0.722. The predicted molar refractivity (Wildman–Crippen MR) is 109 cm³/mol. The van der Waals surface area contributed by atoms with Crippen molar-refractivity contribution in [2.75, 3.05) is 62.4 Å². The first-order chi connectivity index (χ1) is 13.3. The zero-order valence-electron chi connectivity index (χ0n) is 16.9. The standard InChI is InChI=1S/C18H30N6O3S/c1-15-6-4-5-9-24(15)17-8-7-16(19-20-17)22-10-12-23(13-11-22)18(25)14-21(2)28(3,26)27/h7-8,15H,4-6,9-14H2,1-3H3. The molecule has 2 fully saturated rings. The van der Waals surface area contributed by atoms with E-state index in [9.17, 15) is 13.2 Å². The molecule has 1 atom stereocenters. The molecule has 0 N–H and O–H groups in total. The number of anilines is 2. The van der Waals surface area contributed by atoms with Gasteiger partial charge < -0.3 is 14.7 Å². The predicted octanol–water partition coefficient (Wildman–Crippen LogP) is 0.395. The molecule has 28 heavy (non-hydrogen) atoms. The van der Waals surface area contributed by atoms with Crippen LogP contribution in [0.25, 0.3) is 0 Å². The van der Waals surface area contributed by atoms with Crippen molar-refractivity contribution in [3.8, 4) is 0 Å². The van der Waals surface area contributed by atoms with Crippen molar-refractivity contribution in [1.29, 1.82) is 0 Å². The molecule has 2 aliphatic heterocycles. The molecule has 1 amide bonds. The molecular weight excluding hydrogens is 380 g/mol. The molecule has 10 heteroatoms. The van der Waals surface area contributed by atoms with Crippen molar-refractivity contribution in [2.45, 2.75) is 32.2 Å². The molecule has 3 heterocycles. The number of carbonyl (C=O) groups is 1. The average Bonchev–Trinajstić information content (AvgIpc) is 2.68. The SMILES string of the molecule is CC1CCCCN1c1ccc(N2CCN(C(=O)CN(C)S(C)(=O)=O)CC2)nn1. The van der Waals surface area contributed by atoms with Gasteiger partial charge in [0.05, 0.1) is 12.8 Å². The van der Waals surface area contributed by atoms with Crippen LogP contribution in [-0.2, 0) is 14.8 Å². The zero-order chi connectivity index (χ0) is 20.3. The second kappa shape index (κ2) is 8.60. The van der Waals surface area contributed by atoms with Gasteiger partial charge in [-0.2, -0.15) is 4.31 Å². The summed E-state index contributed by atoms with van der Waals surface area (Å²) < 4.78 is 24.0. The average molecular weight is 411 g/mol. The fourth-order valence-corrected chi connectivity index (χ4v) is 4.02. The van der Waals surface area contributed by atoms with Gasteiger partial charge in [-0.3, -0.25) is 4.79 Å². The van der Waals surface area contributed by atoms with Gasteiger partial charge in [0, 0.05) is 45.8 Å². The van der Waals surface area contributed by atoms with E-state index in [0.717, 1.165) is 28.7 Å². The lowest BCUT2D eigenvalue weighted by Gasteiger charge is -2.36. The highest BCUT2D eigenvalue weighted by molar-refractivity contribution is 7.88. The van der Waals surface area contributed by atoms with Gasteiger partial charge in [-0.1, -0.05) is 0 Å². The topological polar surface area (TPSA) is 90.0 Å². The van der Waals surface area contributed by atoms with Gasteiger partial charge in [-0.05, 0) is 38.3 Å². The molecule has 1 unspecified atom stereocenters. The summed E-state index contributed by atoms with van der Waals surface area (Å²) in [4.78, 5) is 18.4. The molecule has 0 saturated carbocycles. The van der Waals surface area contributed by atoms with E-state index in [1.165, 1.54) is 26.3 Å². The first-order valence-corrected chi connectivity index (χ1v) is 11.6. The van der Waals surface area contributed by atoms with Crippen molar-refractivity contribution >= 4 is 27.6 Å². The van der Waals surface area contributed by atoms with Crippen LogP contribution in [0.1, 0.15) is 26.2 Å². The Hall–Kier alpha value is -1.94. The number of likely N-dealkylation sites (N-methyl/N-ethyl adjacent to an activating group) is 1. The quantitative estimate of drug-likeness (QED) is 0.694. The van der Waals surface area contributed by atoms with Crippen molar-refractivity contribution in [1.82, 2.24) is 19.4 Å². The third-order valence-corrected chi connectivity index (χ3v) is 6.88. The lowest BCUT2D eigenvalue weighted by atomic mass is 10.0. The van der Waals surface area contributed by atoms with Gasteiger partial charge in [0.2, 0.25) is 15.9 Å². The summed E-state index contributed by atoms with van der Waals surface area (Å²) >= 11 is 0. The second-order valence-corrected chi connectivity index (χ2v) is 9.76. The van der Waals surface area contributed by atoms with Gasteiger partial charge in [-0.15, -0.1) is 10.2 Å². The highest BCUT2D eigenvalue weighted by atomic mass is 32.2. The monoisotopic (exact) mass is 410 g/mol. The molecular formula is C18H30N6O3S. The van der Waals surface area contributed by atoms with Crippen LogP contribution in [0.2, 0.25) is 0 Å². The molecule has 156 valence electrons. The van der Waals surface area contributed by atoms with E-state index in [-0.39, 0.29) is 12.5 Å². The Morgan fingerprint density at radius 3 is 2.32 bits per heavy atom. The number of hydrogen-bond donors (Lipinski definition) is 0. The molecule has 2 aliphatic rings. The molecule has 0 aliphatic carbocycles. The summed E-state index contributed by atoms with van der Waals surface area (Å²) in [6, 6.07) is 4.52. The molecule has 9 nitrogen and oxygen atoms in total. The molecule has 0 bridgehead atoms. The number of aromatic nitrogens is 2. The van der Waals surface area contributed by atoms with Gasteiger partial charge in [0.25, 0.3) is 0 Å². The van der Waals surface area contributed by atoms with Crippen LogP contribution in [0.15, 0.2) is 12.1 Å². The highest BCUT2D eigenvalue weighted by Crippen LogP contribution is 2.23. The minimum absolute atomic E-state index is 0.124. The fourth-order valence-electron chi connectivity index (χ4n) is 3.67. The van der Waals surface area contributed by atoms with E-state index in [4.69, 9.17) is 0 Å². The van der Waals surface area contributed by atoms with E-state index in [1.807, 2.05) is 12.1 Å². The number of nitrogens with zero attached hydrogens (tertiary/aromatic N) is 6. The molecule has 2 saturated heterocycles. The normalized spacial score (nSPS) is 21.3. The van der Waals surface area contributed by atoms with Crippen LogP contribution in [0.4, 0.5) is 11.6 Å². The summed E-state index contributed by atoms with van der Waals surface area (Å²) in [6.45, 7) is 5.53. The first-order valence-electron chi connectivity index (χ1n) is 9.80. The smallest absolute Gasteiger partial charge is 0.238 e. The molecule has 0 radical (unpaired) electrons. The van der Waals surface area contributed by atoms with E-state index >= 15 is 0 Å². The Bertz CT molecular complexity index is 777. The summed E-state index contributed by atoms with van der Waals surface area (Å²) in [7, 11) is -1.93. The third kappa shape index (κ3) is 4.91. The summed E-state index contributed by atoms with van der Waals surface area (Å²) in [5.41, 5.74) is 0. The Kier molecular flexibility index (Phi) is 6.39. The molecule has 0 spiro atoms. The van der Waals surface area contributed by atoms with Crippen molar-refractivity contribution in [3.05, 3.63) is 12.1 Å². The van der Waals surface area contributed by atoms with E-state index < -0.39 is 10.0 Å². The number of carbonyl (C=O) groups excluding carboxylic acids is 1. The van der Waals surface area contributed by atoms with Gasteiger partial charge in [0.1, 0.15) is 0 Å². The zero-order valence-corrected chi connectivity index (χ0v) is 17.7. The Balaban J connectivity index is 1.54. The molecule has 3 rings (SSSR count).